The second-order valence-electron chi connectivity index (χ2n) is 5.02. The number of fused-ring (bicyclic) bond motifs is 3. The molecule has 3 heteroatoms. The van der Waals surface area contributed by atoms with Crippen LogP contribution in [0.3, 0.4) is 0 Å². The van der Waals surface area contributed by atoms with Crippen LogP contribution in [0.25, 0.3) is 5.57 Å². The van der Waals surface area contributed by atoms with E-state index in [1.54, 1.807) is 6.08 Å². The van der Waals surface area contributed by atoms with E-state index >= 15 is 0 Å². The van der Waals surface area contributed by atoms with Gasteiger partial charge in [-0.05, 0) is 41.5 Å². The van der Waals surface area contributed by atoms with Gasteiger partial charge in [0.15, 0.2) is 5.78 Å². The van der Waals surface area contributed by atoms with E-state index in [2.05, 4.69) is 0 Å². The summed E-state index contributed by atoms with van der Waals surface area (Å²) >= 11 is 0. The van der Waals surface area contributed by atoms with Gasteiger partial charge in [0.05, 0.1) is 5.92 Å². The second kappa shape index (κ2) is 4.09. The second-order valence-corrected chi connectivity index (χ2v) is 5.02. The van der Waals surface area contributed by atoms with Gasteiger partial charge < -0.3 is 5.11 Å². The van der Waals surface area contributed by atoms with Gasteiger partial charge in [0.1, 0.15) is 0 Å². The first kappa shape index (κ1) is 11.2. The molecule has 0 fully saturated rings. The molecule has 2 atom stereocenters. The molecule has 0 aromatic heterocycles. The molecule has 3 nitrogen and oxygen atoms in total. The number of ketones is 1. The molecule has 18 heavy (non-hydrogen) atoms. The van der Waals surface area contributed by atoms with Gasteiger partial charge in [0.2, 0.25) is 0 Å². The lowest BCUT2D eigenvalue weighted by molar-refractivity contribution is -0.143. The number of carbonyl (C=O) groups is 2. The van der Waals surface area contributed by atoms with Crippen LogP contribution in [0.4, 0.5) is 0 Å². The fraction of sp³-hybridized carbons (Fsp3) is 0.333. The molecule has 0 amide bonds. The fourth-order valence-corrected chi connectivity index (χ4v) is 3.12. The summed E-state index contributed by atoms with van der Waals surface area (Å²) in [5.41, 5.74) is 3.04. The summed E-state index contributed by atoms with van der Waals surface area (Å²) < 4.78 is 0. The first-order chi connectivity index (χ1) is 8.66. The van der Waals surface area contributed by atoms with Crippen molar-refractivity contribution >= 4 is 17.3 Å². The molecule has 0 radical (unpaired) electrons. The minimum Gasteiger partial charge on any atom is -0.481 e. The molecular weight excluding hydrogens is 228 g/mol. The number of benzene rings is 1. The molecule has 1 aromatic carbocycles. The first-order valence-corrected chi connectivity index (χ1v) is 6.22. The van der Waals surface area contributed by atoms with Crippen LogP contribution in [0, 0.1) is 11.8 Å². The fourth-order valence-electron chi connectivity index (χ4n) is 3.12. The van der Waals surface area contributed by atoms with Crippen molar-refractivity contribution in [3.05, 3.63) is 41.5 Å². The van der Waals surface area contributed by atoms with Gasteiger partial charge in [-0.25, -0.2) is 0 Å². The Bertz CT molecular complexity index is 557. The number of carbonyl (C=O) groups excluding carboxylic acids is 1. The topological polar surface area (TPSA) is 54.4 Å². The van der Waals surface area contributed by atoms with E-state index < -0.39 is 5.97 Å². The van der Waals surface area contributed by atoms with E-state index in [4.69, 9.17) is 0 Å². The summed E-state index contributed by atoms with van der Waals surface area (Å²) in [6.45, 7) is 0. The average Bonchev–Trinajstić information content (AvgIpc) is 2.37. The molecule has 1 N–H and O–H groups in total. The van der Waals surface area contributed by atoms with Gasteiger partial charge in [-0.2, -0.15) is 0 Å². The van der Waals surface area contributed by atoms with E-state index in [9.17, 15) is 14.7 Å². The SMILES string of the molecule is O=C1C=C2c3ccccc3CC(C(=O)O)C2CC1. The van der Waals surface area contributed by atoms with Crippen molar-refractivity contribution in [2.24, 2.45) is 11.8 Å². The van der Waals surface area contributed by atoms with Crippen LogP contribution in [0.1, 0.15) is 24.0 Å². The van der Waals surface area contributed by atoms with Crippen molar-refractivity contribution in [1.82, 2.24) is 0 Å². The quantitative estimate of drug-likeness (QED) is 0.822. The molecule has 0 heterocycles. The lowest BCUT2D eigenvalue weighted by atomic mass is 9.68. The molecule has 2 aliphatic rings. The average molecular weight is 242 g/mol. The van der Waals surface area contributed by atoms with E-state index in [0.29, 0.717) is 19.3 Å². The van der Waals surface area contributed by atoms with Gasteiger partial charge in [-0.15, -0.1) is 0 Å². The number of carboxylic acids is 1. The first-order valence-electron chi connectivity index (χ1n) is 6.22. The zero-order chi connectivity index (χ0) is 12.7. The maximum absolute atomic E-state index is 11.6. The number of hydrogen-bond acceptors (Lipinski definition) is 2. The van der Waals surface area contributed by atoms with E-state index in [1.165, 1.54) is 0 Å². The number of hydrogen-bond donors (Lipinski definition) is 1. The van der Waals surface area contributed by atoms with Crippen LogP contribution in [0.2, 0.25) is 0 Å². The maximum atomic E-state index is 11.6. The molecule has 3 rings (SSSR count). The van der Waals surface area contributed by atoms with Crippen LogP contribution < -0.4 is 0 Å². The van der Waals surface area contributed by atoms with E-state index in [-0.39, 0.29) is 17.6 Å². The van der Waals surface area contributed by atoms with Crippen LogP contribution in [-0.4, -0.2) is 16.9 Å². The van der Waals surface area contributed by atoms with Crippen molar-refractivity contribution < 1.29 is 14.7 Å². The molecule has 2 unspecified atom stereocenters. The highest BCUT2D eigenvalue weighted by molar-refractivity contribution is 6.00. The smallest absolute Gasteiger partial charge is 0.307 e. The number of allylic oxidation sites excluding steroid dienone is 2. The Labute approximate surface area is 105 Å². The zero-order valence-electron chi connectivity index (χ0n) is 9.93. The molecule has 0 aliphatic heterocycles. The van der Waals surface area contributed by atoms with Crippen LogP contribution >= 0.6 is 0 Å². The number of rotatable bonds is 1. The van der Waals surface area contributed by atoms with Gasteiger partial charge in [0, 0.05) is 6.42 Å². The van der Waals surface area contributed by atoms with Gasteiger partial charge in [-0.3, -0.25) is 9.59 Å². The molecular formula is C15H14O3. The largest absolute Gasteiger partial charge is 0.481 e. The Hall–Kier alpha value is -1.90. The predicted octanol–water partition coefficient (Wildman–Crippen LogP) is 2.31. The summed E-state index contributed by atoms with van der Waals surface area (Å²) in [5, 5.41) is 9.36. The third-order valence-electron chi connectivity index (χ3n) is 3.99. The van der Waals surface area contributed by atoms with Crippen molar-refractivity contribution in [2.75, 3.05) is 0 Å². The monoisotopic (exact) mass is 242 g/mol. The molecule has 0 saturated carbocycles. The molecule has 0 bridgehead atoms. The van der Waals surface area contributed by atoms with E-state index in [1.807, 2.05) is 24.3 Å². The predicted molar refractivity (Wildman–Crippen MR) is 67.0 cm³/mol. The highest BCUT2D eigenvalue weighted by Gasteiger charge is 2.38. The number of carboxylic acid groups (broad SMARTS) is 1. The van der Waals surface area contributed by atoms with Crippen molar-refractivity contribution in [1.29, 1.82) is 0 Å². The summed E-state index contributed by atoms with van der Waals surface area (Å²) in [6.07, 6.45) is 3.36. The van der Waals surface area contributed by atoms with Gasteiger partial charge in [0.25, 0.3) is 0 Å². The molecule has 0 saturated heterocycles. The van der Waals surface area contributed by atoms with Crippen molar-refractivity contribution in [2.45, 2.75) is 19.3 Å². The molecule has 92 valence electrons. The lowest BCUT2D eigenvalue weighted by Crippen LogP contribution is -2.33. The third kappa shape index (κ3) is 1.67. The van der Waals surface area contributed by atoms with Crippen LogP contribution in [0.15, 0.2) is 30.3 Å². The standard InChI is InChI=1S/C15H14O3/c16-10-5-6-12-13(8-10)11-4-2-1-3-9(11)7-14(12)15(17)18/h1-4,8,12,14H,5-7H2,(H,17,18). The lowest BCUT2D eigenvalue weighted by Gasteiger charge is -2.35. The Kier molecular flexibility index (Phi) is 2.54. The highest BCUT2D eigenvalue weighted by Crippen LogP contribution is 2.43. The normalized spacial score (nSPS) is 26.0. The Balaban J connectivity index is 2.15. The highest BCUT2D eigenvalue weighted by atomic mass is 16.4. The van der Waals surface area contributed by atoms with Crippen LogP contribution in [-0.2, 0) is 16.0 Å². The maximum Gasteiger partial charge on any atom is 0.307 e. The summed E-state index contributed by atoms with van der Waals surface area (Å²) in [7, 11) is 0. The Morgan fingerprint density at radius 3 is 2.83 bits per heavy atom. The third-order valence-corrected chi connectivity index (χ3v) is 3.99. The zero-order valence-corrected chi connectivity index (χ0v) is 9.93. The summed E-state index contributed by atoms with van der Waals surface area (Å²) in [4.78, 5) is 23.0. The Morgan fingerprint density at radius 2 is 2.06 bits per heavy atom. The number of aliphatic carboxylic acids is 1. The molecule has 1 aromatic rings. The van der Waals surface area contributed by atoms with Gasteiger partial charge in [-0.1, -0.05) is 24.3 Å². The van der Waals surface area contributed by atoms with Crippen molar-refractivity contribution in [3.8, 4) is 0 Å². The minimum atomic E-state index is -0.755. The summed E-state index contributed by atoms with van der Waals surface area (Å²) in [5.74, 6) is -1.04. The molecule has 0 spiro atoms. The molecule has 2 aliphatic carbocycles. The summed E-state index contributed by atoms with van der Waals surface area (Å²) in [6, 6.07) is 7.81. The Morgan fingerprint density at radius 1 is 1.28 bits per heavy atom. The van der Waals surface area contributed by atoms with Gasteiger partial charge >= 0.3 is 5.97 Å². The van der Waals surface area contributed by atoms with E-state index in [0.717, 1.165) is 16.7 Å². The van der Waals surface area contributed by atoms with Crippen molar-refractivity contribution in [3.63, 3.8) is 0 Å². The minimum absolute atomic E-state index is 0.00454. The van der Waals surface area contributed by atoms with Crippen LogP contribution in [0.5, 0.6) is 0 Å².